The molecule has 0 aromatic heterocycles. The van der Waals surface area contributed by atoms with Crippen LogP contribution in [0.3, 0.4) is 0 Å². The van der Waals surface area contributed by atoms with Gasteiger partial charge in [0.05, 0.1) is 5.56 Å². The summed E-state index contributed by atoms with van der Waals surface area (Å²) in [7, 11) is 0. The monoisotopic (exact) mass is 336 g/mol. The molecule has 25 heavy (non-hydrogen) atoms. The number of aromatic hydroxyl groups is 1. The van der Waals surface area contributed by atoms with Crippen LogP contribution >= 0.6 is 0 Å². The number of amides is 1. The maximum Gasteiger partial charge on any atom is 0.273 e. The first kappa shape index (κ1) is 16.8. The number of rotatable bonds is 4. The van der Waals surface area contributed by atoms with Gasteiger partial charge in [0.25, 0.3) is 5.91 Å². The third-order valence-electron chi connectivity index (χ3n) is 4.34. The summed E-state index contributed by atoms with van der Waals surface area (Å²) in [5.74, 6) is -0.380. The van der Waals surface area contributed by atoms with Crippen molar-refractivity contribution in [3.05, 3.63) is 77.0 Å². The normalized spacial score (nSPS) is 16.9. The number of nitrogens with one attached hydrogen (secondary N) is 2. The lowest BCUT2D eigenvalue weighted by Crippen LogP contribution is -2.38. The molecular formula is C20H20N2O3. The summed E-state index contributed by atoms with van der Waals surface area (Å²) in [5.41, 5.74) is 7.97. The molecule has 0 aliphatic heterocycles. The number of carbonyl (C=O) groups excluding carboxylic acids is 2. The average molecular weight is 336 g/mol. The topological polar surface area (TPSA) is 78.4 Å². The van der Waals surface area contributed by atoms with E-state index in [1.807, 2.05) is 30.3 Å². The lowest BCUT2D eigenvalue weighted by atomic mass is 9.86. The molecule has 0 heterocycles. The number of aryl methyl sites for hydroxylation is 1. The van der Waals surface area contributed by atoms with Crippen molar-refractivity contribution in [1.82, 2.24) is 10.9 Å². The molecule has 3 N–H and O–H groups in total. The first-order valence-corrected chi connectivity index (χ1v) is 8.18. The lowest BCUT2D eigenvalue weighted by molar-refractivity contribution is -0.115. The van der Waals surface area contributed by atoms with Crippen LogP contribution in [0.1, 0.15) is 40.2 Å². The summed E-state index contributed by atoms with van der Waals surface area (Å²) < 4.78 is 0. The second kappa shape index (κ2) is 7.21. The van der Waals surface area contributed by atoms with Gasteiger partial charge in [-0.2, -0.15) is 0 Å². The summed E-state index contributed by atoms with van der Waals surface area (Å²) >= 11 is 0. The number of para-hydroxylation sites is 1. The number of benzene rings is 2. The van der Waals surface area contributed by atoms with Crippen molar-refractivity contribution in [3.63, 3.8) is 0 Å². The zero-order valence-corrected chi connectivity index (χ0v) is 14.0. The number of hydrazine groups is 1. The van der Waals surface area contributed by atoms with Gasteiger partial charge in [-0.3, -0.25) is 15.0 Å². The summed E-state index contributed by atoms with van der Waals surface area (Å²) in [4.78, 5) is 24.2. The molecule has 0 unspecified atom stereocenters. The SMILES string of the molecule is Cc1cccc(C(=O)NNC2=CC(=O)C[C@@H](c3ccccc3)C2)c1O. The first-order valence-electron chi connectivity index (χ1n) is 8.18. The fraction of sp³-hybridized carbons (Fsp3) is 0.200. The zero-order chi connectivity index (χ0) is 17.8. The van der Waals surface area contributed by atoms with E-state index < -0.39 is 5.91 Å². The van der Waals surface area contributed by atoms with Gasteiger partial charge in [-0.1, -0.05) is 42.5 Å². The average Bonchev–Trinajstić information content (AvgIpc) is 2.62. The van der Waals surface area contributed by atoms with Crippen molar-refractivity contribution in [1.29, 1.82) is 0 Å². The Morgan fingerprint density at radius 2 is 1.84 bits per heavy atom. The Kier molecular flexibility index (Phi) is 4.84. The van der Waals surface area contributed by atoms with E-state index in [1.165, 1.54) is 6.08 Å². The van der Waals surface area contributed by atoms with E-state index in [1.54, 1.807) is 25.1 Å². The van der Waals surface area contributed by atoms with Crippen molar-refractivity contribution >= 4 is 11.7 Å². The largest absolute Gasteiger partial charge is 0.507 e. The maximum absolute atomic E-state index is 12.2. The van der Waals surface area contributed by atoms with E-state index >= 15 is 0 Å². The van der Waals surface area contributed by atoms with Gasteiger partial charge in [-0.05, 0) is 36.5 Å². The maximum atomic E-state index is 12.2. The predicted molar refractivity (Wildman–Crippen MR) is 95.0 cm³/mol. The highest BCUT2D eigenvalue weighted by Gasteiger charge is 2.22. The summed E-state index contributed by atoms with van der Waals surface area (Å²) in [5, 5.41) is 9.98. The van der Waals surface area contributed by atoms with E-state index in [2.05, 4.69) is 10.9 Å². The van der Waals surface area contributed by atoms with E-state index in [4.69, 9.17) is 0 Å². The van der Waals surface area contributed by atoms with Crippen LogP contribution in [0.5, 0.6) is 5.75 Å². The molecule has 3 rings (SSSR count). The summed E-state index contributed by atoms with van der Waals surface area (Å²) in [6.45, 7) is 1.73. The second-order valence-corrected chi connectivity index (χ2v) is 6.20. The van der Waals surface area contributed by atoms with E-state index in [0.717, 1.165) is 5.56 Å². The number of hydrogen-bond donors (Lipinski definition) is 3. The van der Waals surface area contributed by atoms with Gasteiger partial charge in [0.1, 0.15) is 5.75 Å². The smallest absolute Gasteiger partial charge is 0.273 e. The Balaban J connectivity index is 1.67. The van der Waals surface area contributed by atoms with Gasteiger partial charge in [0.2, 0.25) is 0 Å². The van der Waals surface area contributed by atoms with Crippen molar-refractivity contribution in [3.8, 4) is 5.75 Å². The highest BCUT2D eigenvalue weighted by Crippen LogP contribution is 2.30. The van der Waals surface area contributed by atoms with Crippen LogP contribution in [0, 0.1) is 6.92 Å². The highest BCUT2D eigenvalue weighted by molar-refractivity contribution is 5.97. The second-order valence-electron chi connectivity index (χ2n) is 6.20. The number of hydrogen-bond acceptors (Lipinski definition) is 4. The lowest BCUT2D eigenvalue weighted by Gasteiger charge is -2.23. The van der Waals surface area contributed by atoms with Crippen LogP contribution in [0.15, 0.2) is 60.3 Å². The molecule has 0 bridgehead atoms. The molecule has 5 nitrogen and oxygen atoms in total. The van der Waals surface area contributed by atoms with E-state index in [0.29, 0.717) is 24.1 Å². The number of phenols is 1. The molecular weight excluding hydrogens is 316 g/mol. The number of phenolic OH excluding ortho intramolecular Hbond substituents is 1. The molecule has 2 aromatic carbocycles. The molecule has 0 radical (unpaired) electrons. The van der Waals surface area contributed by atoms with Gasteiger partial charge in [-0.25, -0.2) is 0 Å². The predicted octanol–water partition coefficient (Wildman–Crippen LogP) is 2.97. The molecule has 0 fully saturated rings. The van der Waals surface area contributed by atoms with Crippen LogP contribution in [-0.2, 0) is 4.79 Å². The Hall–Kier alpha value is -3.08. The minimum Gasteiger partial charge on any atom is -0.507 e. The molecule has 0 spiro atoms. The van der Waals surface area contributed by atoms with Gasteiger partial charge < -0.3 is 10.5 Å². The fourth-order valence-corrected chi connectivity index (χ4v) is 2.99. The minimum atomic E-state index is -0.448. The van der Waals surface area contributed by atoms with Crippen molar-refractivity contribution in [2.24, 2.45) is 0 Å². The molecule has 0 saturated heterocycles. The van der Waals surface area contributed by atoms with Crippen LogP contribution in [0.2, 0.25) is 0 Å². The molecule has 1 aliphatic carbocycles. The Morgan fingerprint density at radius 1 is 1.08 bits per heavy atom. The quantitative estimate of drug-likeness (QED) is 0.750. The Labute approximate surface area is 146 Å². The molecule has 1 amide bonds. The molecule has 5 heteroatoms. The van der Waals surface area contributed by atoms with E-state index in [-0.39, 0.29) is 23.0 Å². The summed E-state index contributed by atoms with van der Waals surface area (Å²) in [6.07, 6.45) is 2.62. The number of ketones is 1. The number of allylic oxidation sites excluding steroid dienone is 2. The molecule has 128 valence electrons. The van der Waals surface area contributed by atoms with Crippen LogP contribution in [0.25, 0.3) is 0 Å². The Bertz CT molecular complexity index is 828. The molecule has 2 aromatic rings. The fourth-order valence-electron chi connectivity index (χ4n) is 2.99. The third-order valence-corrected chi connectivity index (χ3v) is 4.34. The highest BCUT2D eigenvalue weighted by atomic mass is 16.3. The first-order chi connectivity index (χ1) is 12.0. The third kappa shape index (κ3) is 3.88. The van der Waals surface area contributed by atoms with Gasteiger partial charge in [0.15, 0.2) is 5.78 Å². The van der Waals surface area contributed by atoms with Crippen molar-refractivity contribution in [2.45, 2.75) is 25.7 Å². The van der Waals surface area contributed by atoms with Crippen molar-refractivity contribution < 1.29 is 14.7 Å². The van der Waals surface area contributed by atoms with Gasteiger partial charge in [-0.15, -0.1) is 0 Å². The Morgan fingerprint density at radius 3 is 2.60 bits per heavy atom. The molecule has 0 saturated carbocycles. The van der Waals surface area contributed by atoms with Crippen LogP contribution < -0.4 is 10.9 Å². The minimum absolute atomic E-state index is 0.0234. The zero-order valence-electron chi connectivity index (χ0n) is 14.0. The standard InChI is InChI=1S/C20H20N2O3/c1-13-6-5-9-18(19(13)24)20(25)22-21-16-10-15(11-17(23)12-16)14-7-3-2-4-8-14/h2-9,12,15,21,24H,10-11H2,1H3,(H,22,25)/t15-/m0/s1. The number of carbonyl (C=O) groups is 2. The van der Waals surface area contributed by atoms with Crippen LogP contribution in [0.4, 0.5) is 0 Å². The van der Waals surface area contributed by atoms with E-state index in [9.17, 15) is 14.7 Å². The van der Waals surface area contributed by atoms with Crippen LogP contribution in [-0.4, -0.2) is 16.8 Å². The molecule has 1 aliphatic rings. The van der Waals surface area contributed by atoms with Gasteiger partial charge >= 0.3 is 0 Å². The summed E-state index contributed by atoms with van der Waals surface area (Å²) in [6, 6.07) is 14.8. The van der Waals surface area contributed by atoms with Gasteiger partial charge in [0, 0.05) is 18.2 Å². The van der Waals surface area contributed by atoms with Crippen molar-refractivity contribution in [2.75, 3.05) is 0 Å². The molecule has 1 atom stereocenters.